The number of hydrogen-bond acceptors (Lipinski definition) is 5. The van der Waals surface area contributed by atoms with E-state index in [-0.39, 0.29) is 18.4 Å². The lowest BCUT2D eigenvalue weighted by molar-refractivity contribution is -0.116. The summed E-state index contributed by atoms with van der Waals surface area (Å²) < 4.78 is 5.53. The summed E-state index contributed by atoms with van der Waals surface area (Å²) in [4.78, 5) is 30.6. The van der Waals surface area contributed by atoms with Crippen LogP contribution in [-0.2, 0) is 4.79 Å². The van der Waals surface area contributed by atoms with Crippen LogP contribution in [0.5, 0.6) is 0 Å². The average Bonchev–Trinajstić information content (AvgIpc) is 3.27. The molecule has 0 aliphatic carbocycles. The van der Waals surface area contributed by atoms with Gasteiger partial charge in [0.25, 0.3) is 5.91 Å². The summed E-state index contributed by atoms with van der Waals surface area (Å²) in [5, 5.41) is 5.17. The molecule has 2 aromatic heterocycles. The van der Waals surface area contributed by atoms with E-state index in [1.54, 1.807) is 12.4 Å². The van der Waals surface area contributed by atoms with Crippen LogP contribution >= 0.6 is 11.3 Å². The van der Waals surface area contributed by atoms with Crippen LogP contribution in [0.25, 0.3) is 10.8 Å². The van der Waals surface area contributed by atoms with Gasteiger partial charge in [-0.3, -0.25) is 9.59 Å². The number of thiazole rings is 1. The van der Waals surface area contributed by atoms with E-state index in [2.05, 4.69) is 10.3 Å². The Bertz CT molecular complexity index is 990. The molecule has 140 valence electrons. The maximum atomic E-state index is 12.6. The van der Waals surface area contributed by atoms with Crippen molar-refractivity contribution in [3.05, 3.63) is 58.3 Å². The zero-order valence-electron chi connectivity index (χ0n) is 15.7. The van der Waals surface area contributed by atoms with Gasteiger partial charge in [-0.1, -0.05) is 12.1 Å². The van der Waals surface area contributed by atoms with Gasteiger partial charge >= 0.3 is 0 Å². The Kier molecular flexibility index (Phi) is 5.41. The molecule has 0 saturated heterocycles. The molecule has 1 aromatic carbocycles. The molecule has 0 aliphatic heterocycles. The Morgan fingerprint density at radius 3 is 2.67 bits per heavy atom. The number of nitrogens with zero attached hydrogens (tertiary/aromatic N) is 2. The summed E-state index contributed by atoms with van der Waals surface area (Å²) in [5.74, 6) is 0.855. The molecule has 3 aromatic rings. The lowest BCUT2D eigenvalue weighted by Gasteiger charge is -2.16. The van der Waals surface area contributed by atoms with Crippen molar-refractivity contribution in [2.75, 3.05) is 18.9 Å². The van der Waals surface area contributed by atoms with E-state index in [9.17, 15) is 9.59 Å². The number of nitrogens with one attached hydrogen (secondary N) is 1. The number of anilines is 1. The Balaban J connectivity index is 1.64. The molecule has 27 heavy (non-hydrogen) atoms. The molecule has 1 N–H and O–H groups in total. The maximum Gasteiger partial charge on any atom is 0.273 e. The second-order valence-corrected chi connectivity index (χ2v) is 7.26. The molecule has 0 aliphatic rings. The summed E-state index contributed by atoms with van der Waals surface area (Å²) in [5.41, 5.74) is 3.16. The summed E-state index contributed by atoms with van der Waals surface area (Å²) in [6, 6.07) is 9.40. The normalized spacial score (nSPS) is 10.7. The van der Waals surface area contributed by atoms with Gasteiger partial charge in [0.05, 0.1) is 6.54 Å². The minimum Gasteiger partial charge on any atom is -0.459 e. The lowest BCUT2D eigenvalue weighted by Crippen LogP contribution is -2.35. The van der Waals surface area contributed by atoms with Crippen LogP contribution in [0.15, 0.2) is 40.1 Å². The molecule has 0 unspecified atom stereocenters. The minimum atomic E-state index is -0.308. The van der Waals surface area contributed by atoms with Gasteiger partial charge in [0.2, 0.25) is 5.91 Å². The van der Waals surface area contributed by atoms with Crippen molar-refractivity contribution in [2.45, 2.75) is 20.8 Å². The first kappa shape index (κ1) is 18.8. The third-order valence-electron chi connectivity index (χ3n) is 4.28. The van der Waals surface area contributed by atoms with Gasteiger partial charge in [-0.25, -0.2) is 4.98 Å². The average molecular weight is 383 g/mol. The minimum absolute atomic E-state index is 0.0566. The first-order valence-electron chi connectivity index (χ1n) is 8.49. The highest BCUT2D eigenvalue weighted by Gasteiger charge is 2.19. The molecular formula is C20H21N3O3S. The van der Waals surface area contributed by atoms with E-state index >= 15 is 0 Å². The zero-order chi connectivity index (χ0) is 19.6. The topological polar surface area (TPSA) is 75.4 Å². The van der Waals surface area contributed by atoms with Crippen molar-refractivity contribution in [1.29, 1.82) is 0 Å². The molecule has 0 bridgehead atoms. The second-order valence-electron chi connectivity index (χ2n) is 6.41. The largest absolute Gasteiger partial charge is 0.459 e. The molecule has 7 heteroatoms. The third-order valence-corrected chi connectivity index (χ3v) is 5.14. The number of rotatable bonds is 5. The molecule has 0 radical (unpaired) electrons. The molecule has 2 heterocycles. The second kappa shape index (κ2) is 7.75. The number of carbonyl (C=O) groups excluding carboxylic acids is 2. The molecule has 0 spiro atoms. The summed E-state index contributed by atoms with van der Waals surface area (Å²) in [6.45, 7) is 5.73. The predicted octanol–water partition coefficient (Wildman–Crippen LogP) is 4.04. The van der Waals surface area contributed by atoms with Gasteiger partial charge in [-0.15, -0.1) is 11.3 Å². The van der Waals surface area contributed by atoms with Crippen molar-refractivity contribution in [2.24, 2.45) is 0 Å². The van der Waals surface area contributed by atoms with Crippen LogP contribution in [0.4, 0.5) is 5.69 Å². The van der Waals surface area contributed by atoms with Gasteiger partial charge in [0, 0.05) is 18.1 Å². The number of likely N-dealkylation sites (N-methyl/N-ethyl adjacent to an activating group) is 1. The standard InChI is InChI=1S/C20H21N3O3S/c1-12-6-5-7-15(14(12)3)21-18(24)10-23(4)20(25)16-11-27-19(22-16)17-9-8-13(2)26-17/h5-9,11H,10H2,1-4H3,(H,21,24). The van der Waals surface area contributed by atoms with Gasteiger partial charge in [-0.2, -0.15) is 0 Å². The van der Waals surface area contributed by atoms with Crippen LogP contribution in [0.2, 0.25) is 0 Å². The lowest BCUT2D eigenvalue weighted by atomic mass is 10.1. The summed E-state index contributed by atoms with van der Waals surface area (Å²) >= 11 is 1.33. The van der Waals surface area contributed by atoms with Gasteiger partial charge in [-0.05, 0) is 50.1 Å². The van der Waals surface area contributed by atoms with E-state index in [1.807, 2.05) is 51.1 Å². The predicted molar refractivity (Wildman–Crippen MR) is 106 cm³/mol. The molecular weight excluding hydrogens is 362 g/mol. The van der Waals surface area contributed by atoms with E-state index in [4.69, 9.17) is 4.42 Å². The number of benzene rings is 1. The van der Waals surface area contributed by atoms with E-state index in [1.165, 1.54) is 16.2 Å². The van der Waals surface area contributed by atoms with Crippen LogP contribution in [0, 0.1) is 20.8 Å². The molecule has 0 atom stereocenters. The van der Waals surface area contributed by atoms with E-state index in [0.29, 0.717) is 16.5 Å². The van der Waals surface area contributed by atoms with E-state index < -0.39 is 0 Å². The highest BCUT2D eigenvalue weighted by atomic mass is 32.1. The molecule has 2 amide bonds. The highest BCUT2D eigenvalue weighted by Crippen LogP contribution is 2.26. The monoisotopic (exact) mass is 383 g/mol. The maximum absolute atomic E-state index is 12.6. The van der Waals surface area contributed by atoms with Crippen molar-refractivity contribution in [3.8, 4) is 10.8 Å². The van der Waals surface area contributed by atoms with Crippen LogP contribution in [0.3, 0.4) is 0 Å². The van der Waals surface area contributed by atoms with Crippen LogP contribution < -0.4 is 5.32 Å². The molecule has 0 fully saturated rings. The number of carbonyl (C=O) groups is 2. The first-order chi connectivity index (χ1) is 12.8. The zero-order valence-corrected chi connectivity index (χ0v) is 16.5. The summed E-state index contributed by atoms with van der Waals surface area (Å²) in [7, 11) is 1.58. The van der Waals surface area contributed by atoms with Crippen molar-refractivity contribution in [1.82, 2.24) is 9.88 Å². The van der Waals surface area contributed by atoms with E-state index in [0.717, 1.165) is 22.6 Å². The highest BCUT2D eigenvalue weighted by molar-refractivity contribution is 7.13. The van der Waals surface area contributed by atoms with Crippen molar-refractivity contribution < 1.29 is 14.0 Å². The smallest absolute Gasteiger partial charge is 0.273 e. The van der Waals surface area contributed by atoms with Crippen molar-refractivity contribution in [3.63, 3.8) is 0 Å². The first-order valence-corrected chi connectivity index (χ1v) is 9.37. The van der Waals surface area contributed by atoms with Crippen LogP contribution in [-0.4, -0.2) is 35.3 Å². The van der Waals surface area contributed by atoms with Crippen molar-refractivity contribution >= 4 is 28.8 Å². The van der Waals surface area contributed by atoms with Crippen LogP contribution in [0.1, 0.15) is 27.4 Å². The molecule has 3 rings (SSSR count). The fraction of sp³-hybridized carbons (Fsp3) is 0.250. The number of hydrogen-bond donors (Lipinski definition) is 1. The Hall–Kier alpha value is -2.93. The Morgan fingerprint density at radius 2 is 1.96 bits per heavy atom. The van der Waals surface area contributed by atoms with Gasteiger partial charge in [0.1, 0.15) is 11.5 Å². The fourth-order valence-corrected chi connectivity index (χ4v) is 3.35. The number of aromatic nitrogens is 1. The molecule has 6 nitrogen and oxygen atoms in total. The molecule has 0 saturated carbocycles. The van der Waals surface area contributed by atoms with Gasteiger partial charge in [0.15, 0.2) is 10.8 Å². The quantitative estimate of drug-likeness (QED) is 0.721. The third kappa shape index (κ3) is 4.25. The Labute approximate surface area is 161 Å². The summed E-state index contributed by atoms with van der Waals surface area (Å²) in [6.07, 6.45) is 0. The SMILES string of the molecule is Cc1ccc(-c2nc(C(=O)N(C)CC(=O)Nc3cccc(C)c3C)cs2)o1. The fourth-order valence-electron chi connectivity index (χ4n) is 2.59. The number of furan rings is 1. The number of aryl methyl sites for hydroxylation is 2. The van der Waals surface area contributed by atoms with Gasteiger partial charge < -0.3 is 14.6 Å². The Morgan fingerprint density at radius 1 is 1.19 bits per heavy atom. The number of amides is 2.